The summed E-state index contributed by atoms with van der Waals surface area (Å²) >= 11 is 0. The lowest BCUT2D eigenvalue weighted by atomic mass is 9.76. The van der Waals surface area contributed by atoms with E-state index in [9.17, 15) is 9.90 Å². The molecule has 4 heteroatoms. The van der Waals surface area contributed by atoms with Crippen molar-refractivity contribution in [3.63, 3.8) is 0 Å². The van der Waals surface area contributed by atoms with Gasteiger partial charge >= 0.3 is 5.97 Å². The topological polar surface area (TPSA) is 58.6 Å². The number of carboxylic acids is 1. The standard InChI is InChI=1S/C26H23NO3/c28-26(29)18-13-14-23-22(15-18)19-10-6-11-20(19)25(27-23)21-9-4-5-12-24(21)30-16-17-7-2-1-3-8-17/h1-10,12-15,19-20,25,27H,11,16H2,(H,28,29)/t19-,20+,25-/m1/s1. The summed E-state index contributed by atoms with van der Waals surface area (Å²) in [5, 5.41) is 13.1. The van der Waals surface area contributed by atoms with Crippen molar-refractivity contribution in [1.82, 2.24) is 0 Å². The van der Waals surface area contributed by atoms with Crippen LogP contribution >= 0.6 is 0 Å². The molecule has 0 saturated heterocycles. The highest BCUT2D eigenvalue weighted by atomic mass is 16.5. The molecule has 0 aromatic heterocycles. The Morgan fingerprint density at radius 2 is 1.80 bits per heavy atom. The van der Waals surface area contributed by atoms with Gasteiger partial charge in [0.05, 0.1) is 11.6 Å². The van der Waals surface area contributed by atoms with E-state index >= 15 is 0 Å². The first kappa shape index (κ1) is 18.5. The fraction of sp³-hybridized carbons (Fsp3) is 0.192. The van der Waals surface area contributed by atoms with Gasteiger partial charge in [-0.25, -0.2) is 4.79 Å². The molecule has 1 aliphatic carbocycles. The smallest absolute Gasteiger partial charge is 0.335 e. The number of allylic oxidation sites excluding steroid dienone is 2. The molecule has 5 rings (SSSR count). The predicted octanol–water partition coefficient (Wildman–Crippen LogP) is 5.79. The zero-order valence-corrected chi connectivity index (χ0v) is 16.5. The van der Waals surface area contributed by atoms with E-state index in [2.05, 4.69) is 35.7 Å². The number of fused-ring (bicyclic) bond motifs is 3. The van der Waals surface area contributed by atoms with E-state index in [1.54, 1.807) is 6.07 Å². The Kier molecular flexibility index (Phi) is 4.75. The Hall–Kier alpha value is -3.53. The first-order chi connectivity index (χ1) is 14.7. The Labute approximate surface area is 175 Å². The molecule has 0 amide bonds. The molecular formula is C26H23NO3. The number of carbonyl (C=O) groups is 1. The van der Waals surface area contributed by atoms with Crippen molar-refractivity contribution < 1.29 is 14.6 Å². The molecule has 0 fully saturated rings. The van der Waals surface area contributed by atoms with E-state index in [0.29, 0.717) is 18.1 Å². The summed E-state index contributed by atoms with van der Waals surface area (Å²) in [6.07, 6.45) is 5.38. The molecule has 150 valence electrons. The Bertz CT molecular complexity index is 1110. The first-order valence-electron chi connectivity index (χ1n) is 10.3. The fourth-order valence-corrected chi connectivity index (χ4v) is 4.64. The van der Waals surface area contributed by atoms with Gasteiger partial charge < -0.3 is 15.2 Å². The number of rotatable bonds is 5. The van der Waals surface area contributed by atoms with Crippen LogP contribution in [0.2, 0.25) is 0 Å². The third-order valence-electron chi connectivity index (χ3n) is 6.10. The maximum atomic E-state index is 11.4. The van der Waals surface area contributed by atoms with Crippen molar-refractivity contribution in [2.45, 2.75) is 25.0 Å². The van der Waals surface area contributed by atoms with Crippen molar-refractivity contribution >= 4 is 11.7 Å². The lowest BCUT2D eigenvalue weighted by Gasteiger charge is -2.38. The minimum absolute atomic E-state index is 0.0974. The average molecular weight is 397 g/mol. The molecule has 0 unspecified atom stereocenters. The second kappa shape index (κ2) is 7.71. The van der Waals surface area contributed by atoms with Crippen molar-refractivity contribution in [1.29, 1.82) is 0 Å². The van der Waals surface area contributed by atoms with E-state index in [1.165, 1.54) is 0 Å². The van der Waals surface area contributed by atoms with Gasteiger partial charge in [-0.1, -0.05) is 60.7 Å². The summed E-state index contributed by atoms with van der Waals surface area (Å²) in [5.74, 6) is 0.518. The second-order valence-corrected chi connectivity index (χ2v) is 7.89. The van der Waals surface area contributed by atoms with Crippen LogP contribution < -0.4 is 10.1 Å². The number of ether oxygens (including phenoxy) is 1. The van der Waals surface area contributed by atoms with Gasteiger partial charge in [0.1, 0.15) is 12.4 Å². The number of hydrogen-bond acceptors (Lipinski definition) is 3. The van der Waals surface area contributed by atoms with Crippen LogP contribution in [0.3, 0.4) is 0 Å². The van der Waals surface area contributed by atoms with E-state index in [0.717, 1.165) is 34.5 Å². The molecule has 1 heterocycles. The minimum Gasteiger partial charge on any atom is -0.489 e. The molecule has 0 spiro atoms. The van der Waals surface area contributed by atoms with Gasteiger partial charge in [0, 0.05) is 17.2 Å². The van der Waals surface area contributed by atoms with Crippen LogP contribution in [0.5, 0.6) is 5.75 Å². The van der Waals surface area contributed by atoms with Crippen LogP contribution in [0.15, 0.2) is 84.9 Å². The fourth-order valence-electron chi connectivity index (χ4n) is 4.64. The van der Waals surface area contributed by atoms with Gasteiger partial charge in [-0.2, -0.15) is 0 Å². The Morgan fingerprint density at radius 1 is 1.00 bits per heavy atom. The highest BCUT2D eigenvalue weighted by molar-refractivity contribution is 5.89. The minimum atomic E-state index is -0.891. The molecule has 30 heavy (non-hydrogen) atoms. The number of hydrogen-bond donors (Lipinski definition) is 2. The molecule has 2 N–H and O–H groups in total. The molecule has 3 aromatic rings. The zero-order chi connectivity index (χ0) is 20.5. The number of para-hydroxylation sites is 1. The lowest BCUT2D eigenvalue weighted by molar-refractivity contribution is 0.0696. The summed E-state index contributed by atoms with van der Waals surface area (Å²) < 4.78 is 6.23. The summed E-state index contributed by atoms with van der Waals surface area (Å²) in [5.41, 5.74) is 4.67. The number of aromatic carboxylic acids is 1. The van der Waals surface area contributed by atoms with Crippen molar-refractivity contribution in [3.8, 4) is 5.75 Å². The van der Waals surface area contributed by atoms with E-state index in [4.69, 9.17) is 4.74 Å². The molecule has 3 aromatic carbocycles. The maximum Gasteiger partial charge on any atom is 0.335 e. The van der Waals surface area contributed by atoms with E-state index in [1.807, 2.05) is 48.5 Å². The number of benzene rings is 3. The summed E-state index contributed by atoms with van der Waals surface area (Å²) in [6, 6.07) is 23.8. The lowest BCUT2D eigenvalue weighted by Crippen LogP contribution is -2.29. The largest absolute Gasteiger partial charge is 0.489 e. The van der Waals surface area contributed by atoms with Gasteiger partial charge in [-0.3, -0.25) is 0 Å². The number of nitrogens with one attached hydrogen (secondary N) is 1. The van der Waals surface area contributed by atoms with Gasteiger partial charge in [-0.05, 0) is 47.7 Å². The summed E-state index contributed by atoms with van der Waals surface area (Å²) in [7, 11) is 0. The molecule has 4 nitrogen and oxygen atoms in total. The Morgan fingerprint density at radius 3 is 2.63 bits per heavy atom. The van der Waals surface area contributed by atoms with Crippen molar-refractivity contribution in [3.05, 3.63) is 107 Å². The van der Waals surface area contributed by atoms with Gasteiger partial charge in [0.2, 0.25) is 0 Å². The van der Waals surface area contributed by atoms with Crippen LogP contribution in [-0.4, -0.2) is 11.1 Å². The van der Waals surface area contributed by atoms with Crippen LogP contribution in [0.1, 0.15) is 45.4 Å². The second-order valence-electron chi connectivity index (χ2n) is 7.89. The van der Waals surface area contributed by atoms with Crippen LogP contribution in [-0.2, 0) is 6.61 Å². The normalized spacial score (nSPS) is 21.4. The molecule has 3 atom stereocenters. The third kappa shape index (κ3) is 3.35. The van der Waals surface area contributed by atoms with E-state index < -0.39 is 5.97 Å². The Balaban J connectivity index is 1.47. The van der Waals surface area contributed by atoms with Crippen LogP contribution in [0.4, 0.5) is 5.69 Å². The molecule has 2 aliphatic rings. The molecule has 1 aliphatic heterocycles. The first-order valence-corrected chi connectivity index (χ1v) is 10.3. The SMILES string of the molecule is O=C(O)c1ccc2c(c1)[C@@H]1C=CC[C@@H]1[C@H](c1ccccc1OCc1ccccc1)N2. The van der Waals surface area contributed by atoms with Gasteiger partial charge in [-0.15, -0.1) is 0 Å². The van der Waals surface area contributed by atoms with Crippen molar-refractivity contribution in [2.24, 2.45) is 5.92 Å². The number of anilines is 1. The molecule has 0 radical (unpaired) electrons. The van der Waals surface area contributed by atoms with Crippen LogP contribution in [0, 0.1) is 5.92 Å². The average Bonchev–Trinajstić information content (AvgIpc) is 3.28. The maximum absolute atomic E-state index is 11.4. The summed E-state index contributed by atoms with van der Waals surface area (Å²) in [4.78, 5) is 11.4. The highest BCUT2D eigenvalue weighted by Gasteiger charge is 2.39. The molecular weight excluding hydrogens is 374 g/mol. The van der Waals surface area contributed by atoms with Gasteiger partial charge in [0.25, 0.3) is 0 Å². The van der Waals surface area contributed by atoms with E-state index in [-0.39, 0.29) is 12.0 Å². The quantitative estimate of drug-likeness (QED) is 0.535. The monoisotopic (exact) mass is 397 g/mol. The number of carboxylic acid groups (broad SMARTS) is 1. The third-order valence-corrected chi connectivity index (χ3v) is 6.10. The molecule has 0 saturated carbocycles. The van der Waals surface area contributed by atoms with Gasteiger partial charge in [0.15, 0.2) is 0 Å². The zero-order valence-electron chi connectivity index (χ0n) is 16.5. The molecule has 0 bridgehead atoms. The highest BCUT2D eigenvalue weighted by Crippen LogP contribution is 2.51. The predicted molar refractivity (Wildman–Crippen MR) is 117 cm³/mol. The summed E-state index contributed by atoms with van der Waals surface area (Å²) in [6.45, 7) is 0.523. The van der Waals surface area contributed by atoms with Crippen LogP contribution in [0.25, 0.3) is 0 Å². The van der Waals surface area contributed by atoms with Crippen molar-refractivity contribution in [2.75, 3.05) is 5.32 Å².